The number of hydrogen-bond acceptors (Lipinski definition) is 1. The third kappa shape index (κ3) is 4.38. The van der Waals surface area contributed by atoms with E-state index in [4.69, 9.17) is 0 Å². The van der Waals surface area contributed by atoms with Gasteiger partial charge in [0.1, 0.15) is 0 Å². The number of hydrogen-bond donors (Lipinski definition) is 2. The quantitative estimate of drug-likeness (QED) is 0.818. The summed E-state index contributed by atoms with van der Waals surface area (Å²) in [5.41, 5.74) is 0.814. The molecule has 16 heavy (non-hydrogen) atoms. The maximum atomic E-state index is 11.6. The van der Waals surface area contributed by atoms with E-state index < -0.39 is 0 Å². The summed E-state index contributed by atoms with van der Waals surface area (Å²) in [5.74, 6) is 0.433. The van der Waals surface area contributed by atoms with Crippen molar-refractivity contribution in [1.82, 2.24) is 5.32 Å². The van der Waals surface area contributed by atoms with Gasteiger partial charge >= 0.3 is 6.03 Å². The molecule has 0 aliphatic carbocycles. The fourth-order valence-corrected chi connectivity index (χ4v) is 1.43. The molecule has 1 aromatic rings. The largest absolute Gasteiger partial charge is 0.335 e. The molecule has 4 heteroatoms. The van der Waals surface area contributed by atoms with Crippen molar-refractivity contribution >= 4 is 34.3 Å². The molecule has 0 fully saturated rings. The molecule has 1 atom stereocenters. The molecule has 2 N–H and O–H groups in total. The number of carbonyl (C=O) groups excluding carboxylic acids is 1. The first kappa shape index (κ1) is 13.3. The molecule has 0 bridgehead atoms. The lowest BCUT2D eigenvalue weighted by molar-refractivity contribution is 0.246. The van der Waals surface area contributed by atoms with Crippen LogP contribution in [0, 0.1) is 9.49 Å². The predicted octanol–water partition coefficient (Wildman–Crippen LogP) is 3.46. The summed E-state index contributed by atoms with van der Waals surface area (Å²) in [6.45, 7) is 6.16. The number of rotatable bonds is 3. The first-order chi connectivity index (χ1) is 7.49. The van der Waals surface area contributed by atoms with Crippen molar-refractivity contribution in [1.29, 1.82) is 0 Å². The van der Waals surface area contributed by atoms with E-state index in [1.165, 1.54) is 0 Å². The molecule has 0 saturated heterocycles. The van der Waals surface area contributed by atoms with Crippen LogP contribution in [0.4, 0.5) is 10.5 Å². The molecule has 1 rings (SSSR count). The molecule has 0 spiro atoms. The summed E-state index contributed by atoms with van der Waals surface area (Å²) in [6.07, 6.45) is 0. The maximum absolute atomic E-state index is 11.6. The monoisotopic (exact) mass is 332 g/mol. The Kier molecular flexibility index (Phi) is 5.05. The van der Waals surface area contributed by atoms with E-state index in [9.17, 15) is 4.79 Å². The number of amides is 2. The molecule has 0 radical (unpaired) electrons. The SMILES string of the molecule is CC(C)[C@H](C)NC(=O)Nc1ccc(I)cc1. The second-order valence-corrected chi connectivity index (χ2v) is 5.38. The van der Waals surface area contributed by atoms with Crippen molar-refractivity contribution in [3.05, 3.63) is 27.8 Å². The molecular formula is C12H17IN2O. The number of anilines is 1. The molecule has 2 amide bonds. The number of nitrogens with one attached hydrogen (secondary N) is 2. The Bertz CT molecular complexity index is 349. The number of benzene rings is 1. The minimum atomic E-state index is -0.151. The van der Waals surface area contributed by atoms with Gasteiger partial charge in [0, 0.05) is 15.3 Å². The van der Waals surface area contributed by atoms with E-state index >= 15 is 0 Å². The van der Waals surface area contributed by atoms with Crippen LogP contribution in [0.1, 0.15) is 20.8 Å². The third-order valence-electron chi connectivity index (χ3n) is 2.46. The zero-order valence-electron chi connectivity index (χ0n) is 9.75. The normalized spacial score (nSPS) is 12.3. The molecule has 1 aromatic carbocycles. The van der Waals surface area contributed by atoms with E-state index in [0.29, 0.717) is 5.92 Å². The lowest BCUT2D eigenvalue weighted by Crippen LogP contribution is -2.38. The molecule has 3 nitrogen and oxygen atoms in total. The second kappa shape index (κ2) is 6.08. The summed E-state index contributed by atoms with van der Waals surface area (Å²) in [5, 5.41) is 5.69. The average molecular weight is 332 g/mol. The predicted molar refractivity (Wildman–Crippen MR) is 75.6 cm³/mol. The van der Waals surface area contributed by atoms with Gasteiger partial charge in [-0.05, 0) is 59.7 Å². The van der Waals surface area contributed by atoms with Gasteiger partial charge in [-0.3, -0.25) is 0 Å². The Balaban J connectivity index is 2.48. The van der Waals surface area contributed by atoms with Gasteiger partial charge in [0.05, 0.1) is 0 Å². The van der Waals surface area contributed by atoms with Crippen molar-refractivity contribution in [3.63, 3.8) is 0 Å². The van der Waals surface area contributed by atoms with Gasteiger partial charge in [-0.15, -0.1) is 0 Å². The zero-order chi connectivity index (χ0) is 12.1. The first-order valence-electron chi connectivity index (χ1n) is 5.32. The van der Waals surface area contributed by atoms with Crippen LogP contribution in [-0.4, -0.2) is 12.1 Å². The topological polar surface area (TPSA) is 41.1 Å². The summed E-state index contributed by atoms with van der Waals surface area (Å²) >= 11 is 2.23. The number of carbonyl (C=O) groups is 1. The first-order valence-corrected chi connectivity index (χ1v) is 6.40. The molecule has 0 aliphatic rings. The Morgan fingerprint density at radius 2 is 1.75 bits per heavy atom. The highest BCUT2D eigenvalue weighted by Crippen LogP contribution is 2.11. The zero-order valence-corrected chi connectivity index (χ0v) is 11.9. The van der Waals surface area contributed by atoms with Crippen molar-refractivity contribution in [3.8, 4) is 0 Å². The summed E-state index contributed by atoms with van der Waals surface area (Å²) in [7, 11) is 0. The second-order valence-electron chi connectivity index (χ2n) is 4.14. The standard InChI is InChI=1S/C12H17IN2O/c1-8(2)9(3)14-12(16)15-11-6-4-10(13)5-7-11/h4-9H,1-3H3,(H2,14,15,16)/t9-/m0/s1. The Labute approximate surface area is 110 Å². The Morgan fingerprint density at radius 3 is 2.25 bits per heavy atom. The number of urea groups is 1. The molecule has 88 valence electrons. The van der Waals surface area contributed by atoms with E-state index in [1.54, 1.807) is 0 Å². The van der Waals surface area contributed by atoms with E-state index in [0.717, 1.165) is 9.26 Å². The van der Waals surface area contributed by atoms with Crippen LogP contribution in [-0.2, 0) is 0 Å². The summed E-state index contributed by atoms with van der Waals surface area (Å²) in [6, 6.07) is 7.72. The Hall–Kier alpha value is -0.780. The van der Waals surface area contributed by atoms with Gasteiger partial charge in [-0.1, -0.05) is 13.8 Å². The van der Waals surface area contributed by atoms with Crippen LogP contribution in [0.3, 0.4) is 0 Å². The highest BCUT2D eigenvalue weighted by Gasteiger charge is 2.10. The highest BCUT2D eigenvalue weighted by molar-refractivity contribution is 14.1. The molecule has 0 saturated carbocycles. The van der Waals surface area contributed by atoms with E-state index in [-0.39, 0.29) is 12.1 Å². The fraction of sp³-hybridized carbons (Fsp3) is 0.417. The van der Waals surface area contributed by atoms with Gasteiger partial charge < -0.3 is 10.6 Å². The Morgan fingerprint density at radius 1 is 1.19 bits per heavy atom. The van der Waals surface area contributed by atoms with Crippen molar-refractivity contribution in [2.45, 2.75) is 26.8 Å². The maximum Gasteiger partial charge on any atom is 0.319 e. The van der Waals surface area contributed by atoms with Crippen LogP contribution in [0.2, 0.25) is 0 Å². The van der Waals surface area contributed by atoms with Crippen molar-refractivity contribution in [2.75, 3.05) is 5.32 Å². The molecule has 0 unspecified atom stereocenters. The third-order valence-corrected chi connectivity index (χ3v) is 3.18. The van der Waals surface area contributed by atoms with Gasteiger partial charge in [0.15, 0.2) is 0 Å². The lowest BCUT2D eigenvalue weighted by Gasteiger charge is -2.17. The molecule has 0 heterocycles. The van der Waals surface area contributed by atoms with Crippen LogP contribution in [0.25, 0.3) is 0 Å². The molecule has 0 aromatic heterocycles. The summed E-state index contributed by atoms with van der Waals surface area (Å²) in [4.78, 5) is 11.6. The van der Waals surface area contributed by atoms with Gasteiger partial charge in [0.25, 0.3) is 0 Å². The van der Waals surface area contributed by atoms with Crippen LogP contribution >= 0.6 is 22.6 Å². The smallest absolute Gasteiger partial charge is 0.319 e. The molecule has 0 aliphatic heterocycles. The van der Waals surface area contributed by atoms with Crippen molar-refractivity contribution in [2.24, 2.45) is 5.92 Å². The van der Waals surface area contributed by atoms with Crippen molar-refractivity contribution < 1.29 is 4.79 Å². The van der Waals surface area contributed by atoms with Gasteiger partial charge in [0.2, 0.25) is 0 Å². The van der Waals surface area contributed by atoms with E-state index in [2.05, 4.69) is 47.1 Å². The van der Waals surface area contributed by atoms with Crippen LogP contribution < -0.4 is 10.6 Å². The minimum absolute atomic E-state index is 0.151. The average Bonchev–Trinajstić information content (AvgIpc) is 2.21. The fourth-order valence-electron chi connectivity index (χ4n) is 1.07. The number of halogens is 1. The van der Waals surface area contributed by atoms with Crippen LogP contribution in [0.15, 0.2) is 24.3 Å². The van der Waals surface area contributed by atoms with Gasteiger partial charge in [-0.2, -0.15) is 0 Å². The molecular weight excluding hydrogens is 315 g/mol. The lowest BCUT2D eigenvalue weighted by atomic mass is 10.1. The van der Waals surface area contributed by atoms with E-state index in [1.807, 2.05) is 31.2 Å². The summed E-state index contributed by atoms with van der Waals surface area (Å²) < 4.78 is 1.15. The van der Waals surface area contributed by atoms with Crippen LogP contribution in [0.5, 0.6) is 0 Å². The highest BCUT2D eigenvalue weighted by atomic mass is 127. The van der Waals surface area contributed by atoms with Gasteiger partial charge in [-0.25, -0.2) is 4.79 Å². The minimum Gasteiger partial charge on any atom is -0.335 e.